The molecule has 2 rings (SSSR count). The Morgan fingerprint density at radius 2 is 2.09 bits per heavy atom. The summed E-state index contributed by atoms with van der Waals surface area (Å²) < 4.78 is 5.12. The normalized spacial score (nSPS) is 17.4. The van der Waals surface area contributed by atoms with Crippen molar-refractivity contribution < 1.29 is 14.3 Å². The van der Waals surface area contributed by atoms with Crippen LogP contribution in [0.3, 0.4) is 0 Å². The molecule has 5 heteroatoms. The van der Waals surface area contributed by atoms with Crippen LogP contribution in [0.4, 0.5) is 0 Å². The van der Waals surface area contributed by atoms with E-state index in [2.05, 4.69) is 12.2 Å². The maximum Gasteiger partial charge on any atom is 0.225 e. The van der Waals surface area contributed by atoms with Crippen LogP contribution in [-0.4, -0.2) is 43.5 Å². The van der Waals surface area contributed by atoms with E-state index in [9.17, 15) is 9.59 Å². The van der Waals surface area contributed by atoms with Gasteiger partial charge in [-0.2, -0.15) is 0 Å². The zero-order valence-electron chi connectivity index (χ0n) is 14.0. The van der Waals surface area contributed by atoms with E-state index >= 15 is 0 Å². The van der Waals surface area contributed by atoms with Crippen LogP contribution in [0.15, 0.2) is 24.3 Å². The first-order valence-corrected chi connectivity index (χ1v) is 8.32. The second kappa shape index (κ2) is 8.56. The van der Waals surface area contributed by atoms with E-state index < -0.39 is 0 Å². The molecule has 1 saturated heterocycles. The van der Waals surface area contributed by atoms with Crippen LogP contribution in [0.1, 0.15) is 31.7 Å². The SMILES string of the molecule is CCCCN1CC(C(=O)NCCc2ccc(OC)cc2)CC1=O. The molecule has 1 fully saturated rings. The third-order valence-electron chi connectivity index (χ3n) is 4.24. The molecule has 1 aromatic carbocycles. The van der Waals surface area contributed by atoms with Gasteiger partial charge in [0.15, 0.2) is 0 Å². The van der Waals surface area contributed by atoms with E-state index in [0.29, 0.717) is 19.5 Å². The number of carbonyl (C=O) groups is 2. The van der Waals surface area contributed by atoms with Gasteiger partial charge >= 0.3 is 0 Å². The lowest BCUT2D eigenvalue weighted by atomic mass is 10.1. The standard InChI is InChI=1S/C18H26N2O3/c1-3-4-11-20-13-15(12-17(20)21)18(22)19-10-9-14-5-7-16(23-2)8-6-14/h5-8,15H,3-4,9-13H2,1-2H3,(H,19,22). The maximum atomic E-state index is 12.2. The van der Waals surface area contributed by atoms with E-state index in [4.69, 9.17) is 4.74 Å². The summed E-state index contributed by atoms with van der Waals surface area (Å²) in [4.78, 5) is 25.9. The highest BCUT2D eigenvalue weighted by Crippen LogP contribution is 2.18. The van der Waals surface area contributed by atoms with Crippen molar-refractivity contribution in [2.24, 2.45) is 5.92 Å². The summed E-state index contributed by atoms with van der Waals surface area (Å²) in [7, 11) is 1.64. The fraction of sp³-hybridized carbons (Fsp3) is 0.556. The number of amides is 2. The Morgan fingerprint density at radius 3 is 2.74 bits per heavy atom. The lowest BCUT2D eigenvalue weighted by Crippen LogP contribution is -2.34. The van der Waals surface area contributed by atoms with Crippen LogP contribution < -0.4 is 10.1 Å². The molecule has 1 N–H and O–H groups in total. The van der Waals surface area contributed by atoms with E-state index in [0.717, 1.165) is 37.1 Å². The zero-order valence-corrected chi connectivity index (χ0v) is 14.0. The summed E-state index contributed by atoms with van der Waals surface area (Å²) in [6, 6.07) is 7.82. The molecule has 23 heavy (non-hydrogen) atoms. The Morgan fingerprint density at radius 1 is 1.35 bits per heavy atom. The average molecular weight is 318 g/mol. The van der Waals surface area contributed by atoms with Crippen molar-refractivity contribution in [1.82, 2.24) is 10.2 Å². The summed E-state index contributed by atoms with van der Waals surface area (Å²) in [5, 5.41) is 2.95. The molecule has 5 nitrogen and oxygen atoms in total. The number of rotatable bonds is 8. The smallest absolute Gasteiger partial charge is 0.225 e. The molecule has 0 aromatic heterocycles. The second-order valence-electron chi connectivity index (χ2n) is 5.98. The van der Waals surface area contributed by atoms with Gasteiger partial charge in [0, 0.05) is 26.1 Å². The Hall–Kier alpha value is -2.04. The van der Waals surface area contributed by atoms with Gasteiger partial charge < -0.3 is 15.0 Å². The Kier molecular flexibility index (Phi) is 6.44. The van der Waals surface area contributed by atoms with Crippen LogP contribution >= 0.6 is 0 Å². The van der Waals surface area contributed by atoms with Crippen molar-refractivity contribution in [3.8, 4) is 5.75 Å². The average Bonchev–Trinajstić information content (AvgIpc) is 2.94. The zero-order chi connectivity index (χ0) is 16.7. The highest BCUT2D eigenvalue weighted by atomic mass is 16.5. The number of likely N-dealkylation sites (tertiary alicyclic amines) is 1. The molecule has 1 heterocycles. The highest BCUT2D eigenvalue weighted by molar-refractivity contribution is 5.89. The van der Waals surface area contributed by atoms with Crippen molar-refractivity contribution in [2.45, 2.75) is 32.6 Å². The van der Waals surface area contributed by atoms with Crippen molar-refractivity contribution in [2.75, 3.05) is 26.7 Å². The molecule has 0 saturated carbocycles. The van der Waals surface area contributed by atoms with E-state index in [-0.39, 0.29) is 17.7 Å². The molecule has 2 amide bonds. The van der Waals surface area contributed by atoms with Crippen LogP contribution in [0.5, 0.6) is 5.75 Å². The Labute approximate surface area is 138 Å². The number of nitrogens with one attached hydrogen (secondary N) is 1. The molecule has 126 valence electrons. The number of carbonyl (C=O) groups excluding carboxylic acids is 2. The second-order valence-corrected chi connectivity index (χ2v) is 5.98. The molecular formula is C18H26N2O3. The first-order valence-electron chi connectivity index (χ1n) is 8.32. The highest BCUT2D eigenvalue weighted by Gasteiger charge is 2.33. The summed E-state index contributed by atoms with van der Waals surface area (Å²) in [5.74, 6) is 0.726. The quantitative estimate of drug-likeness (QED) is 0.797. The molecule has 0 spiro atoms. The number of benzene rings is 1. The van der Waals surface area contributed by atoms with E-state index in [1.54, 1.807) is 7.11 Å². The van der Waals surface area contributed by atoms with Crippen molar-refractivity contribution >= 4 is 11.8 Å². The first-order chi connectivity index (χ1) is 11.1. The van der Waals surface area contributed by atoms with Gasteiger partial charge in [-0.05, 0) is 30.5 Å². The van der Waals surface area contributed by atoms with Crippen LogP contribution in [0, 0.1) is 5.92 Å². The Bertz CT molecular complexity index is 528. The van der Waals surface area contributed by atoms with Crippen molar-refractivity contribution in [3.63, 3.8) is 0 Å². The molecule has 0 radical (unpaired) electrons. The number of unbranched alkanes of at least 4 members (excludes halogenated alkanes) is 1. The number of hydrogen-bond donors (Lipinski definition) is 1. The summed E-state index contributed by atoms with van der Waals surface area (Å²) in [6.07, 6.45) is 3.17. The van der Waals surface area contributed by atoms with Crippen LogP contribution in [0.2, 0.25) is 0 Å². The molecular weight excluding hydrogens is 292 g/mol. The van der Waals surface area contributed by atoms with Gasteiger partial charge in [0.05, 0.1) is 13.0 Å². The van der Waals surface area contributed by atoms with Gasteiger partial charge in [0.25, 0.3) is 0 Å². The van der Waals surface area contributed by atoms with Gasteiger partial charge in [-0.15, -0.1) is 0 Å². The van der Waals surface area contributed by atoms with Gasteiger partial charge in [0.1, 0.15) is 5.75 Å². The van der Waals surface area contributed by atoms with Gasteiger partial charge in [-0.25, -0.2) is 0 Å². The predicted octanol–water partition coefficient (Wildman–Crippen LogP) is 2.00. The van der Waals surface area contributed by atoms with Crippen LogP contribution in [-0.2, 0) is 16.0 Å². The predicted molar refractivity (Wildman–Crippen MR) is 89.3 cm³/mol. The molecule has 0 bridgehead atoms. The number of hydrogen-bond acceptors (Lipinski definition) is 3. The van der Waals surface area contributed by atoms with E-state index in [1.807, 2.05) is 29.2 Å². The monoisotopic (exact) mass is 318 g/mol. The summed E-state index contributed by atoms with van der Waals surface area (Å²) >= 11 is 0. The molecule has 1 atom stereocenters. The molecule has 1 unspecified atom stereocenters. The van der Waals surface area contributed by atoms with Crippen molar-refractivity contribution in [3.05, 3.63) is 29.8 Å². The third-order valence-corrected chi connectivity index (χ3v) is 4.24. The largest absolute Gasteiger partial charge is 0.497 e. The summed E-state index contributed by atoms with van der Waals surface area (Å²) in [6.45, 7) is 4.02. The lowest BCUT2D eigenvalue weighted by molar-refractivity contribution is -0.129. The lowest BCUT2D eigenvalue weighted by Gasteiger charge is -2.16. The van der Waals surface area contributed by atoms with Crippen LogP contribution in [0.25, 0.3) is 0 Å². The first kappa shape index (κ1) is 17.3. The minimum absolute atomic E-state index is 0.00846. The number of methoxy groups -OCH3 is 1. The molecule has 1 aliphatic heterocycles. The Balaban J connectivity index is 1.73. The molecule has 0 aliphatic carbocycles. The topological polar surface area (TPSA) is 58.6 Å². The minimum Gasteiger partial charge on any atom is -0.497 e. The summed E-state index contributed by atoms with van der Waals surface area (Å²) in [5.41, 5.74) is 1.15. The van der Waals surface area contributed by atoms with Gasteiger partial charge in [-0.3, -0.25) is 9.59 Å². The minimum atomic E-state index is -0.199. The molecule has 1 aromatic rings. The van der Waals surface area contributed by atoms with Gasteiger partial charge in [0.2, 0.25) is 11.8 Å². The third kappa shape index (κ3) is 4.98. The fourth-order valence-corrected chi connectivity index (χ4v) is 2.78. The maximum absolute atomic E-state index is 12.2. The fourth-order valence-electron chi connectivity index (χ4n) is 2.78. The number of nitrogens with zero attached hydrogens (tertiary/aromatic N) is 1. The van der Waals surface area contributed by atoms with E-state index in [1.165, 1.54) is 0 Å². The molecule has 1 aliphatic rings. The number of ether oxygens (including phenoxy) is 1. The van der Waals surface area contributed by atoms with Gasteiger partial charge in [-0.1, -0.05) is 25.5 Å². The van der Waals surface area contributed by atoms with Crippen molar-refractivity contribution in [1.29, 1.82) is 0 Å².